The maximum Gasteiger partial charge on any atom is 0.326 e. The minimum atomic E-state index is -1.56. The van der Waals surface area contributed by atoms with Gasteiger partial charge in [0.15, 0.2) is 5.96 Å². The number of carboxylic acid groups (broad SMARTS) is 2. The second-order valence-electron chi connectivity index (χ2n) is 7.34. The maximum absolute atomic E-state index is 12.4. The number of amides is 3. The Bertz CT molecular complexity index is 739. The van der Waals surface area contributed by atoms with Gasteiger partial charge in [-0.25, -0.2) is 4.79 Å². The number of hydrogen-bond acceptors (Lipinski definition) is 8. The van der Waals surface area contributed by atoms with Gasteiger partial charge >= 0.3 is 11.9 Å². The Morgan fingerprint density at radius 3 is 2.00 bits per heavy atom. The van der Waals surface area contributed by atoms with Crippen LogP contribution in [0.3, 0.4) is 0 Å². The highest BCUT2D eigenvalue weighted by atomic mass is 16.4. The molecule has 15 nitrogen and oxygen atoms in total. The SMILES string of the molecule is CC(NC(=O)C(N)CCCN=C(N)N)C(=O)NC(C(=O)NC(CCC(=O)O)C(=O)O)C(C)O. The number of guanidine groups is 1. The van der Waals surface area contributed by atoms with Crippen LogP contribution in [0, 0.1) is 0 Å². The highest BCUT2D eigenvalue weighted by Gasteiger charge is 2.31. The number of hydrogen-bond donors (Lipinski definition) is 9. The molecule has 0 aromatic heterocycles. The van der Waals surface area contributed by atoms with E-state index in [4.69, 9.17) is 27.4 Å². The summed E-state index contributed by atoms with van der Waals surface area (Å²) in [7, 11) is 0. The third kappa shape index (κ3) is 12.2. The molecule has 5 unspecified atom stereocenters. The largest absolute Gasteiger partial charge is 0.481 e. The van der Waals surface area contributed by atoms with Crippen LogP contribution in [0.1, 0.15) is 39.5 Å². The molecule has 0 aliphatic heterocycles. The fourth-order valence-corrected chi connectivity index (χ4v) is 2.51. The topological polar surface area (TPSA) is 273 Å². The average Bonchev–Trinajstić information content (AvgIpc) is 2.70. The number of carbonyl (C=O) groups is 5. The fourth-order valence-electron chi connectivity index (χ4n) is 2.51. The van der Waals surface area contributed by atoms with Crippen molar-refractivity contribution in [3.8, 4) is 0 Å². The molecule has 15 heteroatoms. The van der Waals surface area contributed by atoms with Gasteiger partial charge in [-0.05, 0) is 33.1 Å². The van der Waals surface area contributed by atoms with Crippen LogP contribution in [0.2, 0.25) is 0 Å². The highest BCUT2D eigenvalue weighted by molar-refractivity contribution is 5.94. The summed E-state index contributed by atoms with van der Waals surface area (Å²) >= 11 is 0. The molecule has 0 aromatic carbocycles. The predicted molar refractivity (Wildman–Crippen MR) is 116 cm³/mol. The molecular weight excluding hydrogens is 442 g/mol. The fraction of sp³-hybridized carbons (Fsp3) is 0.667. The van der Waals surface area contributed by atoms with E-state index in [1.807, 2.05) is 0 Å². The van der Waals surface area contributed by atoms with Crippen molar-refractivity contribution >= 4 is 35.6 Å². The monoisotopic (exact) mass is 475 g/mol. The summed E-state index contributed by atoms with van der Waals surface area (Å²) in [5.41, 5.74) is 16.1. The van der Waals surface area contributed by atoms with Crippen LogP contribution >= 0.6 is 0 Å². The molecule has 0 radical (unpaired) electrons. The molecule has 0 bridgehead atoms. The third-order valence-corrected chi connectivity index (χ3v) is 4.38. The zero-order valence-corrected chi connectivity index (χ0v) is 18.5. The Kier molecular flexibility index (Phi) is 13.0. The van der Waals surface area contributed by atoms with Gasteiger partial charge in [0.2, 0.25) is 17.7 Å². The Morgan fingerprint density at radius 2 is 1.52 bits per heavy atom. The van der Waals surface area contributed by atoms with E-state index in [2.05, 4.69) is 20.9 Å². The van der Waals surface area contributed by atoms with E-state index in [0.717, 1.165) is 0 Å². The van der Waals surface area contributed by atoms with E-state index in [-0.39, 0.29) is 18.9 Å². The van der Waals surface area contributed by atoms with Crippen LogP contribution in [0.5, 0.6) is 0 Å². The molecule has 0 aliphatic rings. The summed E-state index contributed by atoms with van der Waals surface area (Å²) < 4.78 is 0. The van der Waals surface area contributed by atoms with Crippen LogP contribution in [-0.4, -0.2) is 87.8 Å². The summed E-state index contributed by atoms with van der Waals surface area (Å²) in [6.07, 6.45) is -1.68. The van der Waals surface area contributed by atoms with E-state index in [1.54, 1.807) is 0 Å². The normalized spacial score (nSPS) is 15.2. The van der Waals surface area contributed by atoms with E-state index in [9.17, 15) is 29.1 Å². The van der Waals surface area contributed by atoms with E-state index in [1.165, 1.54) is 13.8 Å². The second kappa shape index (κ2) is 14.6. The van der Waals surface area contributed by atoms with Crippen LogP contribution in [0.4, 0.5) is 0 Å². The van der Waals surface area contributed by atoms with Crippen molar-refractivity contribution in [2.75, 3.05) is 6.54 Å². The number of aliphatic hydroxyl groups excluding tert-OH is 1. The number of aliphatic imine (C=N–C) groups is 1. The van der Waals surface area contributed by atoms with Gasteiger partial charge in [0.25, 0.3) is 0 Å². The maximum atomic E-state index is 12.4. The van der Waals surface area contributed by atoms with E-state index >= 15 is 0 Å². The van der Waals surface area contributed by atoms with E-state index < -0.39 is 72.8 Å². The molecule has 0 heterocycles. The molecule has 33 heavy (non-hydrogen) atoms. The van der Waals surface area contributed by atoms with Gasteiger partial charge in [-0.3, -0.25) is 24.2 Å². The van der Waals surface area contributed by atoms with Crippen molar-refractivity contribution in [3.05, 3.63) is 0 Å². The lowest BCUT2D eigenvalue weighted by Gasteiger charge is -2.25. The number of aliphatic carboxylic acids is 2. The molecule has 5 atom stereocenters. The van der Waals surface area contributed by atoms with Gasteiger partial charge in [-0.1, -0.05) is 0 Å². The average molecular weight is 476 g/mol. The molecule has 188 valence electrons. The first kappa shape index (κ1) is 29.5. The standard InChI is InChI=1S/C18H33N7O8/c1-8(23-15(30)10(19)4-3-7-22-18(20)21)14(29)25-13(9(2)26)16(31)24-11(17(32)33)5-6-12(27)28/h8-11,13,26H,3-7,19H2,1-2H3,(H,23,30)(H,24,31)(H,25,29)(H,27,28)(H,32,33)(H4,20,21,22). The van der Waals surface area contributed by atoms with Gasteiger partial charge in [0, 0.05) is 13.0 Å². The Labute approximate surface area is 190 Å². The van der Waals surface area contributed by atoms with Crippen molar-refractivity contribution in [3.63, 3.8) is 0 Å². The Morgan fingerprint density at radius 1 is 0.909 bits per heavy atom. The highest BCUT2D eigenvalue weighted by Crippen LogP contribution is 2.02. The zero-order chi connectivity index (χ0) is 25.7. The zero-order valence-electron chi connectivity index (χ0n) is 18.5. The minimum absolute atomic E-state index is 0.0911. The van der Waals surface area contributed by atoms with Crippen LogP contribution in [0.25, 0.3) is 0 Å². The molecule has 12 N–H and O–H groups in total. The number of nitrogens with one attached hydrogen (secondary N) is 3. The predicted octanol–water partition coefficient (Wildman–Crippen LogP) is -3.83. The lowest BCUT2D eigenvalue weighted by molar-refractivity contribution is -0.144. The quantitative estimate of drug-likeness (QED) is 0.0628. The lowest BCUT2D eigenvalue weighted by Crippen LogP contribution is -2.59. The summed E-state index contributed by atoms with van der Waals surface area (Å²) in [5, 5.41) is 34.4. The van der Waals surface area contributed by atoms with Crippen LogP contribution in [0.15, 0.2) is 4.99 Å². The van der Waals surface area contributed by atoms with Crippen molar-refractivity contribution in [1.29, 1.82) is 0 Å². The number of carbonyl (C=O) groups excluding carboxylic acids is 3. The van der Waals surface area contributed by atoms with Crippen LogP contribution in [-0.2, 0) is 24.0 Å². The number of carboxylic acids is 2. The first-order chi connectivity index (χ1) is 15.3. The first-order valence-corrected chi connectivity index (χ1v) is 10.1. The number of rotatable bonds is 15. The van der Waals surface area contributed by atoms with Gasteiger partial charge in [0.1, 0.15) is 18.1 Å². The van der Waals surface area contributed by atoms with Crippen molar-refractivity contribution < 1.29 is 39.3 Å². The third-order valence-electron chi connectivity index (χ3n) is 4.38. The molecule has 0 spiro atoms. The molecule has 0 saturated heterocycles. The smallest absolute Gasteiger partial charge is 0.326 e. The first-order valence-electron chi connectivity index (χ1n) is 10.1. The molecule has 0 aliphatic carbocycles. The van der Waals surface area contributed by atoms with Gasteiger partial charge in [-0.2, -0.15) is 0 Å². The molecule has 0 saturated carbocycles. The molecule has 3 amide bonds. The number of nitrogens with zero attached hydrogens (tertiary/aromatic N) is 1. The minimum Gasteiger partial charge on any atom is -0.481 e. The van der Waals surface area contributed by atoms with E-state index in [0.29, 0.717) is 6.42 Å². The Balaban J connectivity index is 4.91. The Hall–Kier alpha value is -3.46. The van der Waals surface area contributed by atoms with Crippen molar-refractivity contribution in [2.24, 2.45) is 22.2 Å². The number of aliphatic hydroxyl groups is 1. The van der Waals surface area contributed by atoms with Crippen LogP contribution < -0.4 is 33.2 Å². The lowest BCUT2D eigenvalue weighted by atomic mass is 10.1. The van der Waals surface area contributed by atoms with Gasteiger partial charge in [-0.15, -0.1) is 0 Å². The molecule has 0 aromatic rings. The molecule has 0 rings (SSSR count). The van der Waals surface area contributed by atoms with Crippen molar-refractivity contribution in [1.82, 2.24) is 16.0 Å². The molecule has 0 fully saturated rings. The summed E-state index contributed by atoms with van der Waals surface area (Å²) in [4.78, 5) is 62.6. The van der Waals surface area contributed by atoms with Crippen molar-refractivity contribution in [2.45, 2.75) is 69.8 Å². The summed E-state index contributed by atoms with van der Waals surface area (Å²) in [5.74, 6) is -5.34. The van der Waals surface area contributed by atoms with Gasteiger partial charge < -0.3 is 48.5 Å². The number of nitrogens with two attached hydrogens (primary N) is 3. The summed E-state index contributed by atoms with van der Waals surface area (Å²) in [6.45, 7) is 2.78. The molecular formula is C18H33N7O8. The summed E-state index contributed by atoms with van der Waals surface area (Å²) in [6, 6.07) is -5.19. The second-order valence-corrected chi connectivity index (χ2v) is 7.34. The van der Waals surface area contributed by atoms with Gasteiger partial charge in [0.05, 0.1) is 12.1 Å².